The van der Waals surface area contributed by atoms with E-state index in [9.17, 15) is 4.79 Å². The number of carbonyl (C=O) groups excluding carboxylic acids is 1. The molecule has 0 atom stereocenters. The monoisotopic (exact) mass is 343 g/mol. The fourth-order valence-corrected chi connectivity index (χ4v) is 3.35. The molecule has 0 spiro atoms. The van der Waals surface area contributed by atoms with Crippen LogP contribution in [0.2, 0.25) is 0 Å². The lowest BCUT2D eigenvalue weighted by molar-refractivity contribution is -0.134. The average molecular weight is 343 g/mol. The number of hydrogen-bond donors (Lipinski definition) is 1. The van der Waals surface area contributed by atoms with Gasteiger partial charge in [0.25, 0.3) is 5.91 Å². The second kappa shape index (κ2) is 8.16. The summed E-state index contributed by atoms with van der Waals surface area (Å²) in [5.41, 5.74) is 2.18. The summed E-state index contributed by atoms with van der Waals surface area (Å²) in [4.78, 5) is 14.3. The molecule has 2 heterocycles. The molecule has 6 nitrogen and oxygen atoms in total. The Kier molecular flexibility index (Phi) is 5.71. The zero-order chi connectivity index (χ0) is 17.6. The molecule has 0 bridgehead atoms. The van der Waals surface area contributed by atoms with Crippen LogP contribution >= 0.6 is 0 Å². The quantitative estimate of drug-likeness (QED) is 0.871. The number of ether oxygens (including phenoxy) is 1. The number of aliphatic hydroxyl groups excluding tert-OH is 1. The number of aryl methyl sites for hydroxylation is 1. The van der Waals surface area contributed by atoms with Crippen LogP contribution in [0.1, 0.15) is 30.0 Å². The van der Waals surface area contributed by atoms with E-state index >= 15 is 0 Å². The predicted molar refractivity (Wildman–Crippen MR) is 94.5 cm³/mol. The van der Waals surface area contributed by atoms with Crippen LogP contribution in [0.15, 0.2) is 36.5 Å². The number of likely N-dealkylation sites (tertiary alicyclic amines) is 1. The van der Waals surface area contributed by atoms with Gasteiger partial charge in [-0.3, -0.25) is 9.48 Å². The van der Waals surface area contributed by atoms with Crippen LogP contribution < -0.4 is 4.74 Å². The summed E-state index contributed by atoms with van der Waals surface area (Å²) in [6.07, 6.45) is 3.60. The van der Waals surface area contributed by atoms with Crippen LogP contribution in [-0.4, -0.2) is 52.0 Å². The third-order valence-electron chi connectivity index (χ3n) is 4.77. The smallest absolute Gasteiger partial charge is 0.260 e. The van der Waals surface area contributed by atoms with E-state index in [1.165, 1.54) is 0 Å². The lowest BCUT2D eigenvalue weighted by Gasteiger charge is -2.32. The van der Waals surface area contributed by atoms with E-state index in [0.717, 1.165) is 42.9 Å². The normalized spacial score (nSPS) is 15.4. The van der Waals surface area contributed by atoms with Crippen LogP contribution in [0.3, 0.4) is 0 Å². The Morgan fingerprint density at radius 1 is 1.28 bits per heavy atom. The molecule has 1 aromatic carbocycles. The molecule has 134 valence electrons. The maximum Gasteiger partial charge on any atom is 0.260 e. The highest BCUT2D eigenvalue weighted by Crippen LogP contribution is 2.28. The van der Waals surface area contributed by atoms with Gasteiger partial charge in [-0.1, -0.05) is 18.2 Å². The molecule has 1 saturated heterocycles. The van der Waals surface area contributed by atoms with Crippen molar-refractivity contribution in [3.63, 3.8) is 0 Å². The second-order valence-electron chi connectivity index (χ2n) is 6.41. The van der Waals surface area contributed by atoms with E-state index in [4.69, 9.17) is 9.84 Å². The topological polar surface area (TPSA) is 67.6 Å². The number of amides is 1. The molecule has 0 radical (unpaired) electrons. The van der Waals surface area contributed by atoms with Crippen molar-refractivity contribution in [3.8, 4) is 5.75 Å². The maximum absolute atomic E-state index is 12.4. The zero-order valence-electron chi connectivity index (χ0n) is 14.6. The highest BCUT2D eigenvalue weighted by atomic mass is 16.5. The number of rotatable bonds is 6. The molecule has 6 heteroatoms. The van der Waals surface area contributed by atoms with Gasteiger partial charge in [0.05, 0.1) is 13.2 Å². The van der Waals surface area contributed by atoms with Crippen molar-refractivity contribution in [2.45, 2.75) is 32.2 Å². The summed E-state index contributed by atoms with van der Waals surface area (Å²) in [6.45, 7) is 4.11. The summed E-state index contributed by atoms with van der Waals surface area (Å²) in [6, 6.07) is 9.74. The van der Waals surface area contributed by atoms with Gasteiger partial charge in [0.15, 0.2) is 6.61 Å². The van der Waals surface area contributed by atoms with Crippen molar-refractivity contribution in [1.29, 1.82) is 0 Å². The van der Waals surface area contributed by atoms with Crippen molar-refractivity contribution in [2.24, 2.45) is 0 Å². The number of benzene rings is 1. The first kappa shape index (κ1) is 17.5. The predicted octanol–water partition coefficient (Wildman–Crippen LogP) is 1.97. The van der Waals surface area contributed by atoms with Crippen molar-refractivity contribution in [1.82, 2.24) is 14.7 Å². The molecule has 0 aliphatic carbocycles. The molecule has 1 aliphatic heterocycles. The van der Waals surface area contributed by atoms with E-state index in [1.807, 2.05) is 46.8 Å². The van der Waals surface area contributed by atoms with Crippen molar-refractivity contribution in [2.75, 3.05) is 26.3 Å². The van der Waals surface area contributed by atoms with Gasteiger partial charge in [0, 0.05) is 30.9 Å². The Balaban J connectivity index is 1.51. The Bertz CT molecular complexity index is 705. The number of hydrogen-bond acceptors (Lipinski definition) is 4. The SMILES string of the molecule is Cc1ccccc1OCC(=O)N1CCC(c2ccnn2CCO)CC1. The molecule has 25 heavy (non-hydrogen) atoms. The number of aliphatic hydroxyl groups is 1. The molecule has 1 aliphatic rings. The number of nitrogens with zero attached hydrogens (tertiary/aromatic N) is 3. The molecule has 1 N–H and O–H groups in total. The van der Waals surface area contributed by atoms with Crippen LogP contribution in [-0.2, 0) is 11.3 Å². The lowest BCUT2D eigenvalue weighted by Crippen LogP contribution is -2.40. The molecule has 2 aromatic rings. The average Bonchev–Trinajstić information content (AvgIpc) is 3.09. The number of aromatic nitrogens is 2. The third-order valence-corrected chi connectivity index (χ3v) is 4.77. The van der Waals surface area contributed by atoms with E-state index in [0.29, 0.717) is 12.5 Å². The van der Waals surface area contributed by atoms with E-state index in [1.54, 1.807) is 6.20 Å². The Hall–Kier alpha value is -2.34. The first-order valence-electron chi connectivity index (χ1n) is 8.78. The summed E-state index contributed by atoms with van der Waals surface area (Å²) in [5, 5.41) is 13.4. The summed E-state index contributed by atoms with van der Waals surface area (Å²) < 4.78 is 7.53. The molecular weight excluding hydrogens is 318 g/mol. The van der Waals surface area contributed by atoms with Gasteiger partial charge in [-0.05, 0) is 37.5 Å². The van der Waals surface area contributed by atoms with Gasteiger partial charge in [-0.2, -0.15) is 5.10 Å². The molecule has 1 fully saturated rings. The molecule has 1 aromatic heterocycles. The van der Waals surface area contributed by atoms with Crippen molar-refractivity contribution in [3.05, 3.63) is 47.8 Å². The minimum absolute atomic E-state index is 0.0329. The summed E-state index contributed by atoms with van der Waals surface area (Å²) >= 11 is 0. The second-order valence-corrected chi connectivity index (χ2v) is 6.41. The molecule has 3 rings (SSSR count). The summed E-state index contributed by atoms with van der Waals surface area (Å²) in [5.74, 6) is 1.18. The van der Waals surface area contributed by atoms with E-state index in [2.05, 4.69) is 5.10 Å². The zero-order valence-corrected chi connectivity index (χ0v) is 14.6. The Morgan fingerprint density at radius 2 is 2.04 bits per heavy atom. The van der Waals surface area contributed by atoms with Crippen molar-refractivity contribution < 1.29 is 14.6 Å². The van der Waals surface area contributed by atoms with Gasteiger partial charge in [0.2, 0.25) is 0 Å². The minimum atomic E-state index is 0.0329. The van der Waals surface area contributed by atoms with Gasteiger partial charge in [0.1, 0.15) is 5.75 Å². The third kappa shape index (κ3) is 4.20. The van der Waals surface area contributed by atoms with Crippen LogP contribution in [0.4, 0.5) is 0 Å². The fourth-order valence-electron chi connectivity index (χ4n) is 3.35. The number of carbonyl (C=O) groups is 1. The van der Waals surface area contributed by atoms with Crippen LogP contribution in [0, 0.1) is 6.92 Å². The number of piperidine rings is 1. The summed E-state index contributed by atoms with van der Waals surface area (Å²) in [7, 11) is 0. The van der Waals surface area contributed by atoms with Crippen LogP contribution in [0.25, 0.3) is 0 Å². The van der Waals surface area contributed by atoms with Gasteiger partial charge < -0.3 is 14.7 Å². The highest BCUT2D eigenvalue weighted by Gasteiger charge is 2.26. The molecule has 1 amide bonds. The van der Waals surface area contributed by atoms with Crippen molar-refractivity contribution >= 4 is 5.91 Å². The fraction of sp³-hybridized carbons (Fsp3) is 0.474. The van der Waals surface area contributed by atoms with Gasteiger partial charge >= 0.3 is 0 Å². The van der Waals surface area contributed by atoms with Gasteiger partial charge in [-0.15, -0.1) is 0 Å². The minimum Gasteiger partial charge on any atom is -0.484 e. The lowest BCUT2D eigenvalue weighted by atomic mass is 9.93. The van der Waals surface area contributed by atoms with Gasteiger partial charge in [-0.25, -0.2) is 0 Å². The Labute approximate surface area is 148 Å². The Morgan fingerprint density at radius 3 is 2.76 bits per heavy atom. The largest absolute Gasteiger partial charge is 0.484 e. The molecule has 0 unspecified atom stereocenters. The molecular formula is C19H25N3O3. The first-order chi connectivity index (χ1) is 12.2. The number of para-hydroxylation sites is 1. The maximum atomic E-state index is 12.4. The first-order valence-corrected chi connectivity index (χ1v) is 8.78. The molecule has 0 saturated carbocycles. The van der Waals surface area contributed by atoms with E-state index < -0.39 is 0 Å². The highest BCUT2D eigenvalue weighted by molar-refractivity contribution is 5.77. The standard InChI is InChI=1S/C19H25N3O3/c1-15-4-2-3-5-18(15)25-14-19(24)21-10-7-16(8-11-21)17-6-9-20-22(17)12-13-23/h2-6,9,16,23H,7-8,10-14H2,1H3. The van der Waals surface area contributed by atoms with E-state index in [-0.39, 0.29) is 19.1 Å². The van der Waals surface area contributed by atoms with Crippen LogP contribution in [0.5, 0.6) is 5.75 Å².